The molecule has 1 atom stereocenters. The topological polar surface area (TPSA) is 49.4 Å². The van der Waals surface area contributed by atoms with Gasteiger partial charge in [-0.25, -0.2) is 0 Å². The minimum atomic E-state index is -0.604. The maximum atomic E-state index is 12.8. The molecule has 23 heavy (non-hydrogen) atoms. The van der Waals surface area contributed by atoms with E-state index in [1.54, 1.807) is 24.3 Å². The molecule has 1 heterocycles. The number of amides is 1. The maximum absolute atomic E-state index is 12.8. The number of carbonyl (C=O) groups is 2. The predicted molar refractivity (Wildman–Crippen MR) is 89.3 cm³/mol. The van der Waals surface area contributed by atoms with Gasteiger partial charge >= 0.3 is 0 Å². The van der Waals surface area contributed by atoms with Gasteiger partial charge in [0.2, 0.25) is 0 Å². The van der Waals surface area contributed by atoms with Gasteiger partial charge < -0.3 is 5.32 Å². The van der Waals surface area contributed by atoms with Crippen LogP contribution in [0.3, 0.4) is 0 Å². The van der Waals surface area contributed by atoms with E-state index in [1.165, 1.54) is 0 Å². The summed E-state index contributed by atoms with van der Waals surface area (Å²) in [7, 11) is 0. The number of hydrogen-bond acceptors (Lipinski definition) is 3. The molecule has 1 N–H and O–H groups in total. The third kappa shape index (κ3) is 3.66. The Labute approximate surface area is 136 Å². The van der Waals surface area contributed by atoms with Crippen LogP contribution < -0.4 is 5.32 Å². The highest BCUT2D eigenvalue weighted by Gasteiger charge is 2.30. The van der Waals surface area contributed by atoms with Crippen LogP contribution in [0.5, 0.6) is 0 Å². The van der Waals surface area contributed by atoms with Crippen LogP contribution >= 0.6 is 0 Å². The van der Waals surface area contributed by atoms with Crippen LogP contribution in [0.4, 0.5) is 0 Å². The molecule has 0 radical (unpaired) electrons. The van der Waals surface area contributed by atoms with Gasteiger partial charge in [-0.05, 0) is 25.0 Å². The molecule has 3 rings (SSSR count). The molecule has 0 bridgehead atoms. The number of likely N-dealkylation sites (tertiary alicyclic amines) is 1. The molecule has 0 unspecified atom stereocenters. The number of nitrogens with one attached hydrogen (secondary N) is 1. The second-order valence-electron chi connectivity index (χ2n) is 5.72. The van der Waals surface area contributed by atoms with Crippen molar-refractivity contribution in [2.45, 2.75) is 19.0 Å². The summed E-state index contributed by atoms with van der Waals surface area (Å²) in [5, 5.41) is 2.91. The van der Waals surface area contributed by atoms with Gasteiger partial charge in [0.1, 0.15) is 6.17 Å². The first-order valence-electron chi connectivity index (χ1n) is 7.95. The average Bonchev–Trinajstić information content (AvgIpc) is 3.15. The largest absolute Gasteiger partial charge is 0.329 e. The minimum Gasteiger partial charge on any atom is -0.329 e. The van der Waals surface area contributed by atoms with Gasteiger partial charge in [0.15, 0.2) is 5.78 Å². The van der Waals surface area contributed by atoms with E-state index < -0.39 is 6.17 Å². The van der Waals surface area contributed by atoms with Crippen molar-refractivity contribution in [1.82, 2.24) is 10.2 Å². The van der Waals surface area contributed by atoms with Crippen molar-refractivity contribution in [2.75, 3.05) is 13.1 Å². The summed E-state index contributed by atoms with van der Waals surface area (Å²) in [6.45, 7) is 1.66. The Morgan fingerprint density at radius 3 is 1.91 bits per heavy atom. The molecule has 1 aliphatic heterocycles. The Hall–Kier alpha value is -2.46. The third-order valence-electron chi connectivity index (χ3n) is 4.12. The van der Waals surface area contributed by atoms with E-state index >= 15 is 0 Å². The monoisotopic (exact) mass is 308 g/mol. The lowest BCUT2D eigenvalue weighted by Crippen LogP contribution is -2.52. The molecule has 1 fully saturated rings. The van der Waals surface area contributed by atoms with Gasteiger partial charge in [-0.3, -0.25) is 14.5 Å². The Morgan fingerprint density at radius 1 is 0.826 bits per heavy atom. The molecule has 1 amide bonds. The summed E-state index contributed by atoms with van der Waals surface area (Å²) < 4.78 is 0. The number of hydrogen-bond donors (Lipinski definition) is 1. The highest BCUT2D eigenvalue weighted by Crippen LogP contribution is 2.15. The lowest BCUT2D eigenvalue weighted by molar-refractivity contribution is 0.0725. The fourth-order valence-corrected chi connectivity index (χ4v) is 2.88. The summed E-state index contributed by atoms with van der Waals surface area (Å²) in [6.07, 6.45) is 1.51. The Kier molecular flexibility index (Phi) is 4.83. The number of benzene rings is 2. The zero-order valence-electron chi connectivity index (χ0n) is 12.9. The van der Waals surface area contributed by atoms with Gasteiger partial charge in [-0.2, -0.15) is 0 Å². The number of Topliss-reactive ketones (excluding diaryl/α,β-unsaturated/α-hetero) is 1. The van der Waals surface area contributed by atoms with Crippen molar-refractivity contribution in [1.29, 1.82) is 0 Å². The summed E-state index contributed by atoms with van der Waals surface area (Å²) in [5.41, 5.74) is 1.19. The molecule has 4 nitrogen and oxygen atoms in total. The maximum Gasteiger partial charge on any atom is 0.252 e. The highest BCUT2D eigenvalue weighted by molar-refractivity contribution is 6.04. The number of ketones is 1. The lowest BCUT2D eigenvalue weighted by atomic mass is 10.1. The SMILES string of the molecule is O=C(N[C@@H](C(=O)c1ccccc1)N1CCCC1)c1ccccc1. The fourth-order valence-electron chi connectivity index (χ4n) is 2.88. The van der Waals surface area contributed by atoms with E-state index in [9.17, 15) is 9.59 Å². The minimum absolute atomic E-state index is 0.0585. The quantitative estimate of drug-likeness (QED) is 0.864. The van der Waals surface area contributed by atoms with Gasteiger partial charge in [-0.15, -0.1) is 0 Å². The van der Waals surface area contributed by atoms with Crippen molar-refractivity contribution < 1.29 is 9.59 Å². The summed E-state index contributed by atoms with van der Waals surface area (Å²) in [4.78, 5) is 27.4. The van der Waals surface area contributed by atoms with Gasteiger partial charge in [0.25, 0.3) is 5.91 Å². The van der Waals surface area contributed by atoms with E-state index in [0.717, 1.165) is 25.9 Å². The molecule has 0 aromatic heterocycles. The number of carbonyl (C=O) groups excluding carboxylic acids is 2. The molecular weight excluding hydrogens is 288 g/mol. The van der Waals surface area contributed by atoms with E-state index in [0.29, 0.717) is 11.1 Å². The molecule has 2 aromatic rings. The number of rotatable bonds is 5. The molecule has 4 heteroatoms. The van der Waals surface area contributed by atoms with Crippen molar-refractivity contribution in [3.05, 3.63) is 71.8 Å². The van der Waals surface area contributed by atoms with Gasteiger partial charge in [-0.1, -0.05) is 48.5 Å². The van der Waals surface area contributed by atoms with Gasteiger partial charge in [0, 0.05) is 24.2 Å². The van der Waals surface area contributed by atoms with Crippen molar-refractivity contribution in [2.24, 2.45) is 0 Å². The summed E-state index contributed by atoms with van der Waals surface area (Å²) in [6, 6.07) is 18.2. The molecule has 0 aliphatic carbocycles. The first-order valence-corrected chi connectivity index (χ1v) is 7.95. The number of nitrogens with zero attached hydrogens (tertiary/aromatic N) is 1. The van der Waals surface area contributed by atoms with Crippen LogP contribution in [0.15, 0.2) is 60.7 Å². The van der Waals surface area contributed by atoms with Crippen LogP contribution in [-0.4, -0.2) is 35.8 Å². The van der Waals surface area contributed by atoms with Crippen LogP contribution in [0.1, 0.15) is 33.6 Å². The summed E-state index contributed by atoms with van der Waals surface area (Å²) in [5.74, 6) is -0.274. The highest BCUT2D eigenvalue weighted by atomic mass is 16.2. The van der Waals surface area contributed by atoms with E-state index in [-0.39, 0.29) is 11.7 Å². The zero-order chi connectivity index (χ0) is 16.1. The first-order chi connectivity index (χ1) is 11.3. The van der Waals surface area contributed by atoms with E-state index in [4.69, 9.17) is 0 Å². The molecule has 118 valence electrons. The first kappa shape index (κ1) is 15.4. The van der Waals surface area contributed by atoms with Crippen LogP contribution in [0.25, 0.3) is 0 Å². The Morgan fingerprint density at radius 2 is 1.35 bits per heavy atom. The van der Waals surface area contributed by atoms with Crippen molar-refractivity contribution in [3.63, 3.8) is 0 Å². The molecule has 1 aliphatic rings. The predicted octanol–water partition coefficient (Wildman–Crippen LogP) is 2.72. The smallest absolute Gasteiger partial charge is 0.252 e. The molecule has 0 saturated carbocycles. The molecule has 1 saturated heterocycles. The third-order valence-corrected chi connectivity index (χ3v) is 4.12. The lowest BCUT2D eigenvalue weighted by Gasteiger charge is -2.27. The molecule has 2 aromatic carbocycles. The summed E-state index contributed by atoms with van der Waals surface area (Å²) >= 11 is 0. The van der Waals surface area contributed by atoms with Crippen molar-refractivity contribution in [3.8, 4) is 0 Å². The van der Waals surface area contributed by atoms with Crippen molar-refractivity contribution >= 4 is 11.7 Å². The Bertz CT molecular complexity index is 664. The van der Waals surface area contributed by atoms with E-state index in [1.807, 2.05) is 36.4 Å². The average molecular weight is 308 g/mol. The normalized spacial score (nSPS) is 16.0. The second kappa shape index (κ2) is 7.20. The van der Waals surface area contributed by atoms with Crippen LogP contribution in [0, 0.1) is 0 Å². The zero-order valence-corrected chi connectivity index (χ0v) is 12.9. The van der Waals surface area contributed by atoms with Crippen LogP contribution in [-0.2, 0) is 0 Å². The Balaban J connectivity index is 1.81. The van der Waals surface area contributed by atoms with Crippen LogP contribution in [0.2, 0.25) is 0 Å². The standard InChI is InChI=1S/C19H20N2O2/c22-17(15-9-3-1-4-10-15)18(21-13-7-8-14-21)20-19(23)16-11-5-2-6-12-16/h1-6,9-12,18H,7-8,13-14H2,(H,20,23)/t18-/m1/s1. The molecular formula is C19H20N2O2. The van der Waals surface area contributed by atoms with E-state index in [2.05, 4.69) is 10.2 Å². The second-order valence-corrected chi connectivity index (χ2v) is 5.72. The molecule has 0 spiro atoms. The fraction of sp³-hybridized carbons (Fsp3) is 0.263. The van der Waals surface area contributed by atoms with Gasteiger partial charge in [0.05, 0.1) is 0 Å².